The molecule has 4 nitrogen and oxygen atoms in total. The molecule has 0 N–H and O–H groups in total. The maximum Gasteiger partial charge on any atom is 0.233 e. The Morgan fingerprint density at radius 1 is 1.07 bits per heavy atom. The number of thiazole rings is 1. The first kappa shape index (κ1) is 18.7. The van der Waals surface area contributed by atoms with E-state index < -0.39 is 0 Å². The average molecular weight is 416 g/mol. The van der Waals surface area contributed by atoms with Gasteiger partial charge in [0.15, 0.2) is 5.13 Å². The van der Waals surface area contributed by atoms with Crippen molar-refractivity contribution in [2.75, 3.05) is 43.1 Å². The van der Waals surface area contributed by atoms with Gasteiger partial charge in [0.05, 0.1) is 16.0 Å². The number of aromatic nitrogens is 1. The summed E-state index contributed by atoms with van der Waals surface area (Å²) < 4.78 is 1.23. The van der Waals surface area contributed by atoms with Crippen LogP contribution in [0.3, 0.4) is 0 Å². The van der Waals surface area contributed by atoms with E-state index in [1.807, 2.05) is 35.2 Å². The van der Waals surface area contributed by atoms with Crippen LogP contribution in [-0.4, -0.2) is 54.0 Å². The minimum atomic E-state index is 0.220. The monoisotopic (exact) mass is 415 g/mol. The molecule has 1 aromatic heterocycles. The highest BCUT2D eigenvalue weighted by Gasteiger charge is 2.23. The highest BCUT2D eigenvalue weighted by atomic mass is 32.2. The summed E-state index contributed by atoms with van der Waals surface area (Å²) in [6.45, 7) is 3.22. The molecule has 3 aromatic rings. The van der Waals surface area contributed by atoms with Gasteiger partial charge in [-0.25, -0.2) is 4.98 Å². The second-order valence-electron chi connectivity index (χ2n) is 6.30. The van der Waals surface area contributed by atoms with Crippen molar-refractivity contribution in [1.82, 2.24) is 9.88 Å². The summed E-state index contributed by atoms with van der Waals surface area (Å²) in [5.74, 6) is 0.722. The van der Waals surface area contributed by atoms with Crippen LogP contribution in [0.1, 0.15) is 0 Å². The Morgan fingerprint density at radius 2 is 1.85 bits per heavy atom. The smallest absolute Gasteiger partial charge is 0.233 e. The molecule has 27 heavy (non-hydrogen) atoms. The maximum atomic E-state index is 12.5. The van der Waals surface area contributed by atoms with E-state index in [9.17, 15) is 4.79 Å². The molecule has 4 rings (SSSR count). The van der Waals surface area contributed by atoms with Gasteiger partial charge >= 0.3 is 0 Å². The molecule has 1 aliphatic rings. The third kappa shape index (κ3) is 4.42. The van der Waals surface area contributed by atoms with Crippen LogP contribution in [0.5, 0.6) is 0 Å². The molecule has 2 aromatic carbocycles. The van der Waals surface area contributed by atoms with Gasteiger partial charge in [-0.05, 0) is 36.6 Å². The fourth-order valence-corrected chi connectivity index (χ4v) is 5.45. The van der Waals surface area contributed by atoms with Gasteiger partial charge in [-0.15, -0.1) is 23.5 Å². The van der Waals surface area contributed by atoms with Crippen molar-refractivity contribution in [2.24, 2.45) is 0 Å². The summed E-state index contributed by atoms with van der Waals surface area (Å²) in [6, 6.07) is 16.5. The topological polar surface area (TPSA) is 36.4 Å². The quantitative estimate of drug-likeness (QED) is 0.575. The lowest BCUT2D eigenvalue weighted by molar-refractivity contribution is -0.128. The Bertz CT molecular complexity index is 921. The fraction of sp³-hybridized carbons (Fsp3) is 0.300. The molecule has 7 heteroatoms. The highest BCUT2D eigenvalue weighted by molar-refractivity contribution is 8.00. The van der Waals surface area contributed by atoms with Crippen molar-refractivity contribution >= 4 is 56.1 Å². The minimum absolute atomic E-state index is 0.220. The number of hydrogen-bond donors (Lipinski definition) is 0. The number of anilines is 1. The molecule has 1 saturated heterocycles. The van der Waals surface area contributed by atoms with Crippen LogP contribution in [0.25, 0.3) is 10.2 Å². The molecule has 140 valence electrons. The molecule has 2 heterocycles. The second-order valence-corrected chi connectivity index (χ2v) is 9.24. The summed E-state index contributed by atoms with van der Waals surface area (Å²) in [7, 11) is 0. The number of benzene rings is 2. The van der Waals surface area contributed by atoms with Gasteiger partial charge in [0.25, 0.3) is 0 Å². The Hall–Kier alpha value is -1.70. The molecule has 1 fully saturated rings. The van der Waals surface area contributed by atoms with E-state index in [2.05, 4.69) is 29.4 Å². The molecule has 0 radical (unpaired) electrons. The maximum absolute atomic E-state index is 12.5. The molecule has 0 atom stereocenters. The molecule has 0 unspecified atom stereocenters. The standard InChI is InChI=1S/C20H21N3OS3/c1-25-16-7-8-17-18(13-16)27-20(21-17)23-11-9-22(10-12-23)19(24)14-26-15-5-3-2-4-6-15/h2-8,13H,9-12,14H2,1H3. The van der Waals surface area contributed by atoms with Gasteiger partial charge in [-0.3, -0.25) is 4.79 Å². The first-order valence-corrected chi connectivity index (χ1v) is 11.9. The Balaban J connectivity index is 1.33. The number of rotatable bonds is 5. The van der Waals surface area contributed by atoms with Crippen LogP contribution in [0, 0.1) is 0 Å². The summed E-state index contributed by atoms with van der Waals surface area (Å²) in [5.41, 5.74) is 1.06. The minimum Gasteiger partial charge on any atom is -0.345 e. The lowest BCUT2D eigenvalue weighted by Crippen LogP contribution is -2.49. The fourth-order valence-electron chi connectivity index (χ4n) is 3.06. The lowest BCUT2D eigenvalue weighted by Gasteiger charge is -2.34. The van der Waals surface area contributed by atoms with E-state index in [0.29, 0.717) is 5.75 Å². The Morgan fingerprint density at radius 3 is 2.59 bits per heavy atom. The molecular weight excluding hydrogens is 394 g/mol. The third-order valence-corrected chi connectivity index (χ3v) is 7.39. The SMILES string of the molecule is CSc1ccc2nc(N3CCN(C(=O)CSc4ccccc4)CC3)sc2c1. The van der Waals surface area contributed by atoms with Gasteiger partial charge in [-0.2, -0.15) is 0 Å². The van der Waals surface area contributed by atoms with Crippen molar-refractivity contribution in [1.29, 1.82) is 0 Å². The summed E-state index contributed by atoms with van der Waals surface area (Å²) in [6.07, 6.45) is 2.09. The van der Waals surface area contributed by atoms with Crippen LogP contribution >= 0.6 is 34.9 Å². The summed E-state index contributed by atoms with van der Waals surface area (Å²) in [4.78, 5) is 24.0. The number of carbonyl (C=O) groups excluding carboxylic acids is 1. The zero-order chi connectivity index (χ0) is 18.6. The van der Waals surface area contributed by atoms with Gasteiger partial charge in [-0.1, -0.05) is 29.5 Å². The first-order chi connectivity index (χ1) is 13.2. The van der Waals surface area contributed by atoms with E-state index in [4.69, 9.17) is 4.98 Å². The lowest BCUT2D eigenvalue weighted by atomic mass is 10.3. The summed E-state index contributed by atoms with van der Waals surface area (Å²) in [5, 5.41) is 1.06. The van der Waals surface area contributed by atoms with E-state index in [-0.39, 0.29) is 5.91 Å². The number of fused-ring (bicyclic) bond motifs is 1. The number of thioether (sulfide) groups is 2. The highest BCUT2D eigenvalue weighted by Crippen LogP contribution is 2.32. The molecule has 0 bridgehead atoms. The number of piperazine rings is 1. The van der Waals surface area contributed by atoms with Gasteiger partial charge in [0, 0.05) is 36.0 Å². The van der Waals surface area contributed by atoms with Crippen molar-refractivity contribution in [3.05, 3.63) is 48.5 Å². The predicted molar refractivity (Wildman–Crippen MR) is 117 cm³/mol. The third-order valence-electron chi connectivity index (χ3n) is 4.59. The zero-order valence-corrected chi connectivity index (χ0v) is 17.6. The molecule has 0 aliphatic carbocycles. The molecule has 1 amide bonds. The van der Waals surface area contributed by atoms with E-state index >= 15 is 0 Å². The van der Waals surface area contributed by atoms with Crippen molar-refractivity contribution in [2.45, 2.75) is 9.79 Å². The van der Waals surface area contributed by atoms with Crippen LogP contribution in [0.2, 0.25) is 0 Å². The predicted octanol–water partition coefficient (Wildman–Crippen LogP) is 4.46. The second kappa shape index (κ2) is 8.54. The molecule has 0 saturated carbocycles. The zero-order valence-electron chi connectivity index (χ0n) is 15.1. The Labute approximate surface area is 172 Å². The van der Waals surface area contributed by atoms with E-state index in [0.717, 1.165) is 41.7 Å². The van der Waals surface area contributed by atoms with E-state index in [1.54, 1.807) is 34.9 Å². The van der Waals surface area contributed by atoms with Gasteiger partial charge < -0.3 is 9.80 Å². The molecule has 1 aliphatic heterocycles. The first-order valence-electron chi connectivity index (χ1n) is 8.88. The number of nitrogens with zero attached hydrogens (tertiary/aromatic N) is 3. The Kier molecular flexibility index (Phi) is 5.90. The summed E-state index contributed by atoms with van der Waals surface area (Å²) >= 11 is 5.11. The number of carbonyl (C=O) groups is 1. The molecular formula is C20H21N3OS3. The van der Waals surface area contributed by atoms with Gasteiger partial charge in [0.2, 0.25) is 5.91 Å². The normalized spacial score (nSPS) is 14.7. The van der Waals surface area contributed by atoms with Crippen molar-refractivity contribution in [3.8, 4) is 0 Å². The largest absolute Gasteiger partial charge is 0.345 e. The molecule has 0 spiro atoms. The van der Waals surface area contributed by atoms with Crippen LogP contribution in [0.4, 0.5) is 5.13 Å². The van der Waals surface area contributed by atoms with Crippen LogP contribution in [-0.2, 0) is 4.79 Å². The van der Waals surface area contributed by atoms with Gasteiger partial charge in [0.1, 0.15) is 0 Å². The number of amides is 1. The van der Waals surface area contributed by atoms with Crippen LogP contribution in [0.15, 0.2) is 58.3 Å². The average Bonchev–Trinajstić information content (AvgIpc) is 3.16. The van der Waals surface area contributed by atoms with Crippen molar-refractivity contribution in [3.63, 3.8) is 0 Å². The van der Waals surface area contributed by atoms with Crippen molar-refractivity contribution < 1.29 is 4.79 Å². The van der Waals surface area contributed by atoms with Crippen LogP contribution < -0.4 is 4.90 Å². The number of hydrogen-bond acceptors (Lipinski definition) is 6. The van der Waals surface area contributed by atoms with E-state index in [1.165, 1.54) is 9.60 Å².